The number of hydrogen-bond acceptors (Lipinski definition) is 4. The molecule has 0 aliphatic heterocycles. The van der Waals surface area contributed by atoms with E-state index in [1.165, 1.54) is 17.0 Å². The fraction of sp³-hybridized carbons (Fsp3) is 0.333. The topological polar surface area (TPSA) is 86.8 Å². The number of nitrogens with one attached hydrogen (secondary N) is 1. The highest BCUT2D eigenvalue weighted by Crippen LogP contribution is 2.25. The predicted molar refractivity (Wildman–Crippen MR) is 159 cm³/mol. The molecule has 208 valence electrons. The minimum atomic E-state index is -4.08. The van der Waals surface area contributed by atoms with Gasteiger partial charge in [0.15, 0.2) is 0 Å². The number of anilines is 1. The van der Waals surface area contributed by atoms with Crippen molar-refractivity contribution < 1.29 is 18.0 Å². The van der Waals surface area contributed by atoms with Gasteiger partial charge >= 0.3 is 0 Å². The summed E-state index contributed by atoms with van der Waals surface area (Å²) in [5.41, 5.74) is 3.08. The molecule has 1 atom stereocenters. The molecule has 0 radical (unpaired) electrons. The second-order valence-electron chi connectivity index (χ2n) is 10.1. The molecule has 0 fully saturated rings. The lowest BCUT2D eigenvalue weighted by Gasteiger charge is -2.32. The van der Waals surface area contributed by atoms with Crippen LogP contribution in [0, 0.1) is 19.8 Å². The van der Waals surface area contributed by atoms with Crippen molar-refractivity contribution >= 4 is 43.5 Å². The van der Waals surface area contributed by atoms with Gasteiger partial charge in [-0.3, -0.25) is 13.9 Å². The van der Waals surface area contributed by atoms with Gasteiger partial charge < -0.3 is 10.2 Å². The molecule has 0 bridgehead atoms. The van der Waals surface area contributed by atoms with Gasteiger partial charge in [-0.25, -0.2) is 8.42 Å². The number of carbonyl (C=O) groups excluding carboxylic acids is 2. The molecule has 2 amide bonds. The molecule has 0 aliphatic rings. The van der Waals surface area contributed by atoms with E-state index in [1.807, 2.05) is 52.0 Å². The molecule has 9 heteroatoms. The first-order valence-corrected chi connectivity index (χ1v) is 15.1. The van der Waals surface area contributed by atoms with Crippen molar-refractivity contribution in [1.82, 2.24) is 10.2 Å². The monoisotopic (exact) mass is 613 g/mol. The van der Waals surface area contributed by atoms with E-state index < -0.39 is 28.5 Å². The van der Waals surface area contributed by atoms with E-state index in [0.717, 1.165) is 25.5 Å². The van der Waals surface area contributed by atoms with Crippen LogP contribution in [0.25, 0.3) is 0 Å². The Kier molecular flexibility index (Phi) is 10.3. The zero-order valence-corrected chi connectivity index (χ0v) is 25.4. The summed E-state index contributed by atoms with van der Waals surface area (Å²) in [7, 11) is -4.08. The molecule has 3 aromatic carbocycles. The van der Waals surface area contributed by atoms with E-state index in [0.29, 0.717) is 12.2 Å². The lowest BCUT2D eigenvalue weighted by molar-refractivity contribution is -0.139. The Balaban J connectivity index is 2.00. The Labute approximate surface area is 240 Å². The van der Waals surface area contributed by atoms with E-state index in [-0.39, 0.29) is 23.3 Å². The van der Waals surface area contributed by atoms with Gasteiger partial charge in [0.1, 0.15) is 12.6 Å². The van der Waals surface area contributed by atoms with Crippen molar-refractivity contribution in [2.75, 3.05) is 17.4 Å². The fourth-order valence-corrected chi connectivity index (χ4v) is 5.58. The second kappa shape index (κ2) is 13.3. The van der Waals surface area contributed by atoms with Crippen LogP contribution in [0.4, 0.5) is 5.69 Å². The number of aryl methyl sites for hydroxylation is 2. The SMILES string of the molecule is Cc1ccc(N(CC(=O)N(Cc2ccc(Br)cc2)[C@@H](C)C(=O)NCC(C)C)S(=O)(=O)c2ccc(C)cc2)cc1. The maximum atomic E-state index is 13.9. The van der Waals surface area contributed by atoms with Crippen LogP contribution in [0.1, 0.15) is 37.5 Å². The summed E-state index contributed by atoms with van der Waals surface area (Å²) in [5.74, 6) is -0.535. The van der Waals surface area contributed by atoms with Gasteiger partial charge in [0.05, 0.1) is 10.6 Å². The summed E-state index contributed by atoms with van der Waals surface area (Å²) in [5, 5.41) is 2.89. The highest BCUT2D eigenvalue weighted by molar-refractivity contribution is 9.10. The first-order valence-electron chi connectivity index (χ1n) is 12.9. The average molecular weight is 615 g/mol. The van der Waals surface area contributed by atoms with Crippen LogP contribution in [0.15, 0.2) is 82.2 Å². The number of carbonyl (C=O) groups is 2. The maximum Gasteiger partial charge on any atom is 0.264 e. The van der Waals surface area contributed by atoms with E-state index in [1.54, 1.807) is 43.3 Å². The maximum absolute atomic E-state index is 13.9. The van der Waals surface area contributed by atoms with Crippen LogP contribution >= 0.6 is 15.9 Å². The zero-order chi connectivity index (χ0) is 28.7. The number of benzene rings is 3. The molecule has 0 saturated carbocycles. The van der Waals surface area contributed by atoms with Crippen LogP contribution in [0.2, 0.25) is 0 Å². The smallest absolute Gasteiger partial charge is 0.264 e. The standard InChI is InChI=1S/C30H36BrN3O4S/c1-21(2)18-32-30(36)24(5)33(19-25-10-12-26(31)13-11-25)29(35)20-34(27-14-6-22(3)7-15-27)39(37,38)28-16-8-23(4)9-17-28/h6-17,21,24H,18-20H2,1-5H3,(H,32,36)/t24-/m0/s1. The molecular weight excluding hydrogens is 578 g/mol. The highest BCUT2D eigenvalue weighted by Gasteiger charge is 2.32. The van der Waals surface area contributed by atoms with Crippen molar-refractivity contribution in [2.45, 2.75) is 52.1 Å². The molecular formula is C30H36BrN3O4S. The number of nitrogens with zero attached hydrogens (tertiary/aromatic N) is 2. The summed E-state index contributed by atoms with van der Waals surface area (Å²) in [4.78, 5) is 28.5. The van der Waals surface area contributed by atoms with Crippen molar-refractivity contribution in [3.63, 3.8) is 0 Å². The Hall–Kier alpha value is -3.17. The molecule has 0 spiro atoms. The molecule has 7 nitrogen and oxygen atoms in total. The van der Waals surface area contributed by atoms with Crippen molar-refractivity contribution in [1.29, 1.82) is 0 Å². The molecule has 0 aromatic heterocycles. The average Bonchev–Trinajstić information content (AvgIpc) is 2.90. The van der Waals surface area contributed by atoms with Crippen molar-refractivity contribution in [3.8, 4) is 0 Å². The third kappa shape index (κ3) is 8.16. The van der Waals surface area contributed by atoms with Crippen LogP contribution in [0.5, 0.6) is 0 Å². The summed E-state index contributed by atoms with van der Waals surface area (Å²) in [6.45, 7) is 9.59. The number of halogens is 1. The molecule has 0 heterocycles. The summed E-state index contributed by atoms with van der Waals surface area (Å²) in [6.07, 6.45) is 0. The summed E-state index contributed by atoms with van der Waals surface area (Å²) in [6, 6.07) is 20.2. The predicted octanol–water partition coefficient (Wildman–Crippen LogP) is 5.45. The van der Waals surface area contributed by atoms with Gasteiger partial charge in [-0.1, -0.05) is 77.3 Å². The molecule has 3 aromatic rings. The molecule has 0 saturated heterocycles. The summed E-state index contributed by atoms with van der Waals surface area (Å²) >= 11 is 3.42. The van der Waals surface area contributed by atoms with Crippen LogP contribution in [-0.2, 0) is 26.2 Å². The van der Waals surface area contributed by atoms with Crippen LogP contribution in [-0.4, -0.2) is 44.3 Å². The highest BCUT2D eigenvalue weighted by atomic mass is 79.9. The third-order valence-electron chi connectivity index (χ3n) is 6.33. The molecule has 3 rings (SSSR count). The number of hydrogen-bond donors (Lipinski definition) is 1. The molecule has 0 unspecified atom stereocenters. The van der Waals surface area contributed by atoms with Gasteiger partial charge in [-0.15, -0.1) is 0 Å². The van der Waals surface area contributed by atoms with Crippen molar-refractivity contribution in [2.24, 2.45) is 5.92 Å². The van der Waals surface area contributed by atoms with Crippen LogP contribution in [0.3, 0.4) is 0 Å². The lowest BCUT2D eigenvalue weighted by atomic mass is 10.1. The van der Waals surface area contributed by atoms with Gasteiger partial charge in [-0.05, 0) is 68.7 Å². The van der Waals surface area contributed by atoms with Gasteiger partial charge in [0, 0.05) is 17.6 Å². The van der Waals surface area contributed by atoms with E-state index in [2.05, 4.69) is 21.2 Å². The van der Waals surface area contributed by atoms with E-state index >= 15 is 0 Å². The molecule has 1 N–H and O–H groups in total. The Morgan fingerprint density at radius 3 is 1.92 bits per heavy atom. The minimum Gasteiger partial charge on any atom is -0.354 e. The number of sulfonamides is 1. The van der Waals surface area contributed by atoms with E-state index in [4.69, 9.17) is 0 Å². The quantitative estimate of drug-likeness (QED) is 0.311. The molecule has 0 aliphatic carbocycles. The largest absolute Gasteiger partial charge is 0.354 e. The lowest BCUT2D eigenvalue weighted by Crippen LogP contribution is -2.51. The second-order valence-corrected chi connectivity index (χ2v) is 12.9. The van der Waals surface area contributed by atoms with Gasteiger partial charge in [0.2, 0.25) is 11.8 Å². The minimum absolute atomic E-state index is 0.0867. The zero-order valence-electron chi connectivity index (χ0n) is 23.0. The fourth-order valence-electron chi connectivity index (χ4n) is 3.90. The Morgan fingerprint density at radius 2 is 1.38 bits per heavy atom. The number of amides is 2. The third-order valence-corrected chi connectivity index (χ3v) is 8.64. The van der Waals surface area contributed by atoms with Gasteiger partial charge in [0.25, 0.3) is 10.0 Å². The Morgan fingerprint density at radius 1 is 0.846 bits per heavy atom. The van der Waals surface area contributed by atoms with Crippen molar-refractivity contribution in [3.05, 3.63) is 94.0 Å². The summed E-state index contributed by atoms with van der Waals surface area (Å²) < 4.78 is 29.7. The van der Waals surface area contributed by atoms with Crippen LogP contribution < -0.4 is 9.62 Å². The first-order chi connectivity index (χ1) is 18.4. The number of rotatable bonds is 11. The molecule has 39 heavy (non-hydrogen) atoms. The first kappa shape index (κ1) is 30.4. The van der Waals surface area contributed by atoms with Gasteiger partial charge in [-0.2, -0.15) is 0 Å². The normalized spacial score (nSPS) is 12.2. The van der Waals surface area contributed by atoms with E-state index in [9.17, 15) is 18.0 Å². The Bertz CT molecular complexity index is 1370.